The van der Waals surface area contributed by atoms with Crippen molar-refractivity contribution >= 4 is 54.6 Å². The Bertz CT molecular complexity index is 631. The summed E-state index contributed by atoms with van der Waals surface area (Å²) in [5, 5.41) is 13.5. The molecule has 0 unspecified atom stereocenters. The summed E-state index contributed by atoms with van der Waals surface area (Å²) in [5.41, 5.74) is 3.01. The van der Waals surface area contributed by atoms with E-state index in [9.17, 15) is 10.1 Å². The minimum atomic E-state index is -0.351. The van der Waals surface area contributed by atoms with E-state index >= 15 is 0 Å². The molecule has 0 aliphatic heterocycles. The van der Waals surface area contributed by atoms with Crippen LogP contribution >= 0.6 is 43.2 Å². The van der Waals surface area contributed by atoms with E-state index in [-0.39, 0.29) is 10.6 Å². The first-order chi connectivity index (χ1) is 9.51. The molecule has 2 rings (SSSR count). The average Bonchev–Trinajstić information content (AvgIpc) is 2.83. The molecule has 0 bridgehead atoms. The summed E-state index contributed by atoms with van der Waals surface area (Å²) in [6.07, 6.45) is 0. The Morgan fingerprint density at radius 1 is 1.40 bits per heavy atom. The van der Waals surface area contributed by atoms with Crippen LogP contribution in [0.3, 0.4) is 0 Å². The second-order valence-electron chi connectivity index (χ2n) is 4.32. The largest absolute Gasteiger partial charge is 0.370 e. The van der Waals surface area contributed by atoms with Gasteiger partial charge in [0.1, 0.15) is 0 Å². The van der Waals surface area contributed by atoms with Gasteiger partial charge in [-0.1, -0.05) is 15.9 Å². The van der Waals surface area contributed by atoms with Crippen LogP contribution in [0, 0.1) is 10.1 Å². The van der Waals surface area contributed by atoms with Gasteiger partial charge in [0.15, 0.2) is 0 Å². The highest BCUT2D eigenvalue weighted by Gasteiger charge is 2.14. The van der Waals surface area contributed by atoms with Crippen LogP contribution in [0.2, 0.25) is 0 Å². The van der Waals surface area contributed by atoms with Crippen LogP contribution in [0.5, 0.6) is 0 Å². The van der Waals surface area contributed by atoms with Crippen LogP contribution in [0.25, 0.3) is 0 Å². The standard InChI is InChI=1S/C13H12Br2N2O2S/c1-16(7-9-4-13(15)20-8-9)11-2-3-12(17(18)19)10(5-11)6-14/h2-5,8H,6-7H2,1H3. The lowest BCUT2D eigenvalue weighted by Crippen LogP contribution is -2.16. The molecule has 1 aromatic carbocycles. The number of alkyl halides is 1. The highest BCUT2D eigenvalue weighted by molar-refractivity contribution is 9.11. The number of rotatable bonds is 5. The van der Waals surface area contributed by atoms with Gasteiger partial charge in [0, 0.05) is 36.2 Å². The number of hydrogen-bond donors (Lipinski definition) is 0. The normalized spacial score (nSPS) is 10.6. The number of nitro groups is 1. The van der Waals surface area contributed by atoms with Gasteiger partial charge in [0.2, 0.25) is 0 Å². The lowest BCUT2D eigenvalue weighted by molar-refractivity contribution is -0.385. The molecule has 106 valence electrons. The van der Waals surface area contributed by atoms with Crippen molar-refractivity contribution in [1.82, 2.24) is 0 Å². The summed E-state index contributed by atoms with van der Waals surface area (Å²) in [5.74, 6) is 0. The number of thiophene rings is 1. The Labute approximate surface area is 137 Å². The van der Waals surface area contributed by atoms with Crippen LogP contribution in [-0.4, -0.2) is 12.0 Å². The van der Waals surface area contributed by atoms with Gasteiger partial charge >= 0.3 is 0 Å². The molecular weight excluding hydrogens is 408 g/mol. The van der Waals surface area contributed by atoms with Gasteiger partial charge in [-0.25, -0.2) is 0 Å². The molecule has 0 N–H and O–H groups in total. The van der Waals surface area contributed by atoms with E-state index in [2.05, 4.69) is 48.2 Å². The second kappa shape index (κ2) is 6.69. The topological polar surface area (TPSA) is 46.4 Å². The van der Waals surface area contributed by atoms with E-state index in [1.54, 1.807) is 23.5 Å². The van der Waals surface area contributed by atoms with Crippen molar-refractivity contribution in [2.75, 3.05) is 11.9 Å². The lowest BCUT2D eigenvalue weighted by atomic mass is 10.1. The monoisotopic (exact) mass is 418 g/mol. The van der Waals surface area contributed by atoms with E-state index in [0.717, 1.165) is 16.0 Å². The molecule has 0 aliphatic rings. The molecular formula is C13H12Br2N2O2S. The Morgan fingerprint density at radius 3 is 2.70 bits per heavy atom. The molecule has 0 amide bonds. The molecule has 2 aromatic rings. The Balaban J connectivity index is 2.21. The molecule has 0 saturated heterocycles. The van der Waals surface area contributed by atoms with Crippen LogP contribution in [0.15, 0.2) is 33.4 Å². The van der Waals surface area contributed by atoms with E-state index < -0.39 is 0 Å². The molecule has 20 heavy (non-hydrogen) atoms. The fraction of sp³-hybridized carbons (Fsp3) is 0.231. The molecule has 0 aliphatic carbocycles. The molecule has 0 atom stereocenters. The number of benzene rings is 1. The Morgan fingerprint density at radius 2 is 2.15 bits per heavy atom. The zero-order valence-electron chi connectivity index (χ0n) is 10.7. The smallest absolute Gasteiger partial charge is 0.273 e. The maximum absolute atomic E-state index is 10.9. The summed E-state index contributed by atoms with van der Waals surface area (Å²) in [7, 11) is 1.98. The van der Waals surface area contributed by atoms with Crippen molar-refractivity contribution < 1.29 is 4.92 Å². The first-order valence-corrected chi connectivity index (χ1v) is 8.58. The van der Waals surface area contributed by atoms with Crippen molar-refractivity contribution in [1.29, 1.82) is 0 Å². The molecule has 0 saturated carbocycles. The molecule has 0 spiro atoms. The molecule has 1 aromatic heterocycles. The number of anilines is 1. The summed E-state index contributed by atoms with van der Waals surface area (Å²) >= 11 is 8.40. The van der Waals surface area contributed by atoms with Gasteiger partial charge in [-0.05, 0) is 45.1 Å². The molecule has 4 nitrogen and oxygen atoms in total. The van der Waals surface area contributed by atoms with Crippen molar-refractivity contribution in [3.8, 4) is 0 Å². The maximum Gasteiger partial charge on any atom is 0.273 e. The molecule has 7 heteroatoms. The second-order valence-corrected chi connectivity index (χ2v) is 7.17. The van der Waals surface area contributed by atoms with Gasteiger partial charge in [0.05, 0.1) is 8.71 Å². The third-order valence-corrected chi connectivity index (χ3v) is 5.04. The van der Waals surface area contributed by atoms with Crippen LogP contribution < -0.4 is 4.90 Å². The van der Waals surface area contributed by atoms with E-state index in [4.69, 9.17) is 0 Å². The van der Waals surface area contributed by atoms with Crippen molar-refractivity contribution in [2.45, 2.75) is 11.9 Å². The van der Waals surface area contributed by atoms with Crippen molar-refractivity contribution in [3.05, 3.63) is 54.7 Å². The van der Waals surface area contributed by atoms with Crippen LogP contribution in [0.1, 0.15) is 11.1 Å². The minimum absolute atomic E-state index is 0.150. The van der Waals surface area contributed by atoms with E-state index in [1.165, 1.54) is 5.56 Å². The fourth-order valence-corrected chi connectivity index (χ4v) is 3.54. The summed E-state index contributed by atoms with van der Waals surface area (Å²) in [6.45, 7) is 0.766. The van der Waals surface area contributed by atoms with Crippen molar-refractivity contribution in [3.63, 3.8) is 0 Å². The number of nitrogens with zero attached hydrogens (tertiary/aromatic N) is 2. The van der Waals surface area contributed by atoms with Gasteiger partial charge in [-0.2, -0.15) is 0 Å². The number of hydrogen-bond acceptors (Lipinski definition) is 4. The lowest BCUT2D eigenvalue weighted by Gasteiger charge is -2.19. The predicted molar refractivity (Wildman–Crippen MR) is 89.9 cm³/mol. The van der Waals surface area contributed by atoms with E-state index in [0.29, 0.717) is 10.9 Å². The highest BCUT2D eigenvalue weighted by atomic mass is 79.9. The number of nitro benzene ring substituents is 1. The van der Waals surface area contributed by atoms with Crippen LogP contribution in [-0.2, 0) is 11.9 Å². The predicted octanol–water partition coefficient (Wildman–Crippen LogP) is 4.95. The Hall–Kier alpha value is -0.920. The first-order valence-electron chi connectivity index (χ1n) is 5.78. The van der Waals surface area contributed by atoms with Gasteiger partial charge in [-0.15, -0.1) is 11.3 Å². The van der Waals surface area contributed by atoms with E-state index in [1.807, 2.05) is 13.1 Å². The average molecular weight is 420 g/mol. The van der Waals surface area contributed by atoms with Crippen LogP contribution in [0.4, 0.5) is 11.4 Å². The van der Waals surface area contributed by atoms with Gasteiger partial charge in [-0.3, -0.25) is 10.1 Å². The molecule has 0 fully saturated rings. The Kier molecular flexibility index (Phi) is 5.17. The van der Waals surface area contributed by atoms with Crippen molar-refractivity contribution in [2.24, 2.45) is 0 Å². The SMILES string of the molecule is CN(Cc1csc(Br)c1)c1ccc([N+](=O)[O-])c(CBr)c1. The first kappa shape index (κ1) is 15.5. The summed E-state index contributed by atoms with van der Waals surface area (Å²) < 4.78 is 1.10. The third-order valence-electron chi connectivity index (χ3n) is 2.89. The quantitative estimate of drug-likeness (QED) is 0.391. The molecule has 1 heterocycles. The summed E-state index contributed by atoms with van der Waals surface area (Å²) in [6, 6.07) is 7.28. The maximum atomic E-state index is 10.9. The highest BCUT2D eigenvalue weighted by Crippen LogP contribution is 2.28. The third kappa shape index (κ3) is 3.59. The zero-order chi connectivity index (χ0) is 14.7. The fourth-order valence-electron chi connectivity index (χ4n) is 1.89. The summed E-state index contributed by atoms with van der Waals surface area (Å²) in [4.78, 5) is 12.6. The number of halogens is 2. The minimum Gasteiger partial charge on any atom is -0.370 e. The molecule has 0 radical (unpaired) electrons. The zero-order valence-corrected chi connectivity index (χ0v) is 14.7. The van der Waals surface area contributed by atoms with Gasteiger partial charge < -0.3 is 4.90 Å². The van der Waals surface area contributed by atoms with Gasteiger partial charge in [0.25, 0.3) is 5.69 Å².